The van der Waals surface area contributed by atoms with Gasteiger partial charge in [0.05, 0.1) is 36.9 Å². The summed E-state index contributed by atoms with van der Waals surface area (Å²) < 4.78 is 7.52. The number of morpholine rings is 1. The van der Waals surface area contributed by atoms with Crippen LogP contribution in [0, 0.1) is 0 Å². The van der Waals surface area contributed by atoms with E-state index in [-0.39, 0.29) is 17.9 Å². The molecule has 10 nitrogen and oxygen atoms in total. The van der Waals surface area contributed by atoms with Crippen molar-refractivity contribution in [1.82, 2.24) is 29.5 Å². The number of hydrogen-bond acceptors (Lipinski definition) is 9. The first-order valence-electron chi connectivity index (χ1n) is 13.2. The molecule has 0 atom stereocenters. The van der Waals surface area contributed by atoms with Crippen LogP contribution in [0.2, 0.25) is 0 Å². The van der Waals surface area contributed by atoms with Crippen molar-refractivity contribution in [3.05, 3.63) is 72.7 Å². The van der Waals surface area contributed by atoms with Crippen LogP contribution in [0.25, 0.3) is 39.6 Å². The minimum Gasteiger partial charge on any atom is -0.383 e. The predicted octanol–water partition coefficient (Wildman–Crippen LogP) is 4.12. The molecule has 4 N–H and O–H groups in total. The zero-order valence-corrected chi connectivity index (χ0v) is 22.7. The van der Waals surface area contributed by atoms with E-state index in [1.54, 1.807) is 18.6 Å². The first kappa shape index (κ1) is 26.1. The van der Waals surface area contributed by atoms with Crippen LogP contribution in [0.3, 0.4) is 0 Å². The molecule has 4 aromatic heterocycles. The topological polar surface area (TPSA) is 134 Å². The third kappa shape index (κ3) is 4.53. The Kier molecular flexibility index (Phi) is 6.83. The number of fused-ring (bicyclic) bond motifs is 1. The van der Waals surface area contributed by atoms with E-state index in [1.165, 1.54) is 0 Å². The maximum Gasteiger partial charge on any atom is 0.165 e. The molecule has 1 saturated heterocycles. The number of nitrogens with two attached hydrogens (primary N) is 2. The van der Waals surface area contributed by atoms with Gasteiger partial charge in [0.2, 0.25) is 0 Å². The highest BCUT2D eigenvalue weighted by molar-refractivity contribution is 5.85. The number of halogens is 1. The van der Waals surface area contributed by atoms with Gasteiger partial charge in [0.1, 0.15) is 22.8 Å². The van der Waals surface area contributed by atoms with Gasteiger partial charge < -0.3 is 21.1 Å². The Hall–Kier alpha value is -4.12. The molecular formula is C29H30ClN9O. The molecule has 5 heterocycles. The molecule has 5 aromatic rings. The zero-order valence-electron chi connectivity index (χ0n) is 21.9. The summed E-state index contributed by atoms with van der Waals surface area (Å²) in [4.78, 5) is 25.8. The average Bonchev–Trinajstić information content (AvgIpc) is 3.35. The quantitative estimate of drug-likeness (QED) is 0.328. The van der Waals surface area contributed by atoms with Crippen LogP contribution in [0.5, 0.6) is 0 Å². The third-order valence-corrected chi connectivity index (χ3v) is 7.75. The predicted molar refractivity (Wildman–Crippen MR) is 158 cm³/mol. The number of ether oxygens (including phenoxy) is 1. The summed E-state index contributed by atoms with van der Waals surface area (Å²) in [5.41, 5.74) is 18.3. The fourth-order valence-corrected chi connectivity index (χ4v) is 5.34. The summed E-state index contributed by atoms with van der Waals surface area (Å²) in [6.45, 7) is 2.93. The first-order chi connectivity index (χ1) is 19.1. The van der Waals surface area contributed by atoms with Crippen LogP contribution >= 0.6 is 12.4 Å². The van der Waals surface area contributed by atoms with Gasteiger partial charge in [-0.05, 0) is 61.2 Å². The molecule has 2 fully saturated rings. The van der Waals surface area contributed by atoms with Crippen molar-refractivity contribution >= 4 is 35.2 Å². The number of anilines is 2. The van der Waals surface area contributed by atoms with E-state index < -0.39 is 0 Å². The Morgan fingerprint density at radius 3 is 2.40 bits per heavy atom. The molecule has 0 amide bonds. The van der Waals surface area contributed by atoms with Crippen LogP contribution in [0.15, 0.2) is 67.1 Å². The summed E-state index contributed by atoms with van der Waals surface area (Å²) in [6.07, 6.45) is 8.38. The molecule has 0 unspecified atom stereocenters. The van der Waals surface area contributed by atoms with Crippen molar-refractivity contribution < 1.29 is 4.74 Å². The third-order valence-electron chi connectivity index (χ3n) is 7.75. The van der Waals surface area contributed by atoms with Crippen molar-refractivity contribution in [1.29, 1.82) is 0 Å². The molecule has 0 radical (unpaired) electrons. The van der Waals surface area contributed by atoms with Gasteiger partial charge in [-0.1, -0.05) is 12.1 Å². The number of hydrogen-bond donors (Lipinski definition) is 2. The smallest absolute Gasteiger partial charge is 0.165 e. The molecule has 1 aromatic carbocycles. The number of nitrogens with zero attached hydrogens (tertiary/aromatic N) is 7. The number of nitrogen functional groups attached to an aromatic ring is 1. The number of rotatable bonds is 5. The highest BCUT2D eigenvalue weighted by atomic mass is 35.5. The largest absolute Gasteiger partial charge is 0.383 e. The monoisotopic (exact) mass is 555 g/mol. The van der Waals surface area contributed by atoms with Crippen molar-refractivity contribution in [3.63, 3.8) is 0 Å². The van der Waals surface area contributed by atoms with Gasteiger partial charge in [-0.2, -0.15) is 0 Å². The lowest BCUT2D eigenvalue weighted by atomic mass is 9.73. The summed E-state index contributed by atoms with van der Waals surface area (Å²) in [7, 11) is 0. The molecule has 2 aliphatic rings. The van der Waals surface area contributed by atoms with Crippen molar-refractivity contribution in [3.8, 4) is 28.5 Å². The molecule has 1 saturated carbocycles. The molecular weight excluding hydrogens is 526 g/mol. The number of pyridine rings is 2. The molecule has 1 aliphatic carbocycles. The summed E-state index contributed by atoms with van der Waals surface area (Å²) >= 11 is 0. The lowest BCUT2D eigenvalue weighted by molar-refractivity contribution is 0.122. The summed E-state index contributed by atoms with van der Waals surface area (Å²) in [6, 6.07) is 16.1. The van der Waals surface area contributed by atoms with Crippen molar-refractivity contribution in [2.75, 3.05) is 36.9 Å². The van der Waals surface area contributed by atoms with E-state index in [0.717, 1.165) is 60.5 Å². The fourth-order valence-electron chi connectivity index (χ4n) is 5.34. The van der Waals surface area contributed by atoms with Crippen molar-refractivity contribution in [2.24, 2.45) is 5.73 Å². The van der Waals surface area contributed by atoms with E-state index in [2.05, 4.69) is 39.1 Å². The van der Waals surface area contributed by atoms with Gasteiger partial charge in [0, 0.05) is 30.5 Å². The second kappa shape index (κ2) is 10.5. The lowest BCUT2D eigenvalue weighted by Crippen LogP contribution is -2.43. The average molecular weight is 556 g/mol. The maximum absolute atomic E-state index is 6.60. The highest BCUT2D eigenvalue weighted by Gasteiger charge is 2.34. The molecule has 0 spiro atoms. The zero-order chi connectivity index (χ0) is 26.4. The normalized spacial score (nSPS) is 16.4. The van der Waals surface area contributed by atoms with Gasteiger partial charge in [0.15, 0.2) is 11.5 Å². The van der Waals surface area contributed by atoms with Crippen LogP contribution in [-0.4, -0.2) is 55.8 Å². The van der Waals surface area contributed by atoms with Gasteiger partial charge in [-0.3, -0.25) is 9.55 Å². The van der Waals surface area contributed by atoms with Crippen LogP contribution in [0.1, 0.15) is 24.8 Å². The van der Waals surface area contributed by atoms with E-state index in [9.17, 15) is 0 Å². The van der Waals surface area contributed by atoms with Crippen molar-refractivity contribution in [2.45, 2.75) is 24.8 Å². The first-order valence-corrected chi connectivity index (χ1v) is 13.2. The molecule has 7 rings (SSSR count). The van der Waals surface area contributed by atoms with E-state index in [4.69, 9.17) is 31.2 Å². The fraction of sp³-hybridized carbons (Fsp3) is 0.276. The second-order valence-corrected chi connectivity index (χ2v) is 10.2. The van der Waals surface area contributed by atoms with E-state index in [1.807, 2.05) is 28.8 Å². The molecule has 11 heteroatoms. The molecule has 204 valence electrons. The van der Waals surface area contributed by atoms with E-state index >= 15 is 0 Å². The van der Waals surface area contributed by atoms with Gasteiger partial charge in [0.25, 0.3) is 0 Å². The number of benzene rings is 1. The Morgan fingerprint density at radius 2 is 1.68 bits per heavy atom. The Bertz CT molecular complexity index is 1660. The number of aromatic nitrogens is 6. The lowest BCUT2D eigenvalue weighted by Gasteiger charge is -2.38. The Labute approximate surface area is 237 Å². The SMILES string of the molecule is Cl.Nc1ncccc1-c1nc2ccc(-c3cncc(N4CCOCC4)n3)nc2n1-c1ccc(C2(N)CCC2)cc1. The summed E-state index contributed by atoms with van der Waals surface area (Å²) in [5, 5.41) is 0. The number of imidazole rings is 1. The van der Waals surface area contributed by atoms with E-state index in [0.29, 0.717) is 41.9 Å². The minimum atomic E-state index is -0.234. The molecule has 1 aliphatic heterocycles. The highest BCUT2D eigenvalue weighted by Crippen LogP contribution is 2.39. The summed E-state index contributed by atoms with van der Waals surface area (Å²) in [5.74, 6) is 1.90. The van der Waals surface area contributed by atoms with Crippen LogP contribution < -0.4 is 16.4 Å². The van der Waals surface area contributed by atoms with Gasteiger partial charge >= 0.3 is 0 Å². The Balaban J connectivity index is 0.00000289. The van der Waals surface area contributed by atoms with Crippen LogP contribution in [-0.2, 0) is 10.3 Å². The molecule has 0 bridgehead atoms. The van der Waals surface area contributed by atoms with Gasteiger partial charge in [-0.25, -0.2) is 19.9 Å². The second-order valence-electron chi connectivity index (χ2n) is 10.2. The Morgan fingerprint density at radius 1 is 0.875 bits per heavy atom. The van der Waals surface area contributed by atoms with Gasteiger partial charge in [-0.15, -0.1) is 12.4 Å². The maximum atomic E-state index is 6.60. The minimum absolute atomic E-state index is 0. The standard InChI is InChI=1S/C29H29N9O.ClH/c30-26-21(3-1-12-33-26)27-36-23-9-8-22(24-17-32-18-25(34-24)37-13-15-39-16-14-37)35-28(23)38(27)20-6-4-19(5-7-20)29(31)10-2-11-29;/h1,3-9,12,17-18H,2,10-11,13-16,31H2,(H2,30,33);1H. The van der Waals surface area contributed by atoms with Crippen LogP contribution in [0.4, 0.5) is 11.6 Å². The molecule has 40 heavy (non-hydrogen) atoms.